The average molecular weight is 309 g/mol. The van der Waals surface area contributed by atoms with Crippen molar-refractivity contribution in [3.05, 3.63) is 36.4 Å². The lowest BCUT2D eigenvalue weighted by Gasteiger charge is -2.26. The molecule has 0 unspecified atom stereocenters. The average Bonchev–Trinajstić information content (AvgIpc) is 3.09. The topological polar surface area (TPSA) is 75.6 Å². The highest BCUT2D eigenvalue weighted by Gasteiger charge is 2.20. The zero-order valence-corrected chi connectivity index (χ0v) is 13.0. The van der Waals surface area contributed by atoms with Crippen LogP contribution in [0.5, 0.6) is 0 Å². The predicted molar refractivity (Wildman–Crippen MR) is 87.8 cm³/mol. The molecule has 23 heavy (non-hydrogen) atoms. The number of amides is 1. The van der Waals surface area contributed by atoms with Crippen LogP contribution >= 0.6 is 0 Å². The number of aromatic nitrogens is 4. The third-order valence-electron chi connectivity index (χ3n) is 4.48. The molecule has 4 rings (SSSR count). The molecule has 3 heterocycles. The molecule has 3 aromatic heterocycles. The van der Waals surface area contributed by atoms with Gasteiger partial charge in [-0.2, -0.15) is 5.10 Å². The van der Waals surface area contributed by atoms with Crippen molar-refractivity contribution in [2.24, 2.45) is 7.05 Å². The van der Waals surface area contributed by atoms with E-state index >= 15 is 0 Å². The summed E-state index contributed by atoms with van der Waals surface area (Å²) in [5, 5.41) is 8.27. The summed E-state index contributed by atoms with van der Waals surface area (Å²) in [4.78, 5) is 19.8. The van der Waals surface area contributed by atoms with Crippen LogP contribution in [-0.4, -0.2) is 31.7 Å². The lowest BCUT2D eigenvalue weighted by atomic mass is 9.93. The number of nitrogens with one attached hydrogen (secondary N) is 2. The molecule has 0 aromatic carbocycles. The summed E-state index contributed by atoms with van der Waals surface area (Å²) in [6.45, 7) is 0. The van der Waals surface area contributed by atoms with Crippen LogP contribution in [0, 0.1) is 0 Å². The molecule has 0 aliphatic heterocycles. The number of carbonyl (C=O) groups is 1. The molecular formula is C17H19N5O. The van der Waals surface area contributed by atoms with Gasteiger partial charge in [-0.15, -0.1) is 0 Å². The Labute approximate surface area is 133 Å². The van der Waals surface area contributed by atoms with E-state index in [1.807, 2.05) is 31.8 Å². The van der Waals surface area contributed by atoms with Gasteiger partial charge in [-0.1, -0.05) is 0 Å². The fraction of sp³-hybridized carbons (Fsp3) is 0.353. The van der Waals surface area contributed by atoms with Crippen LogP contribution in [0.2, 0.25) is 0 Å². The Bertz CT molecular complexity index is 859. The largest absolute Gasteiger partial charge is 0.353 e. The van der Waals surface area contributed by atoms with Gasteiger partial charge in [-0.3, -0.25) is 9.48 Å². The van der Waals surface area contributed by atoms with E-state index < -0.39 is 0 Å². The van der Waals surface area contributed by atoms with Crippen molar-refractivity contribution in [2.75, 3.05) is 0 Å². The van der Waals surface area contributed by atoms with Crippen LogP contribution in [0.15, 0.2) is 30.9 Å². The minimum Gasteiger partial charge on any atom is -0.353 e. The molecule has 118 valence electrons. The Hall–Kier alpha value is -2.63. The van der Waals surface area contributed by atoms with Gasteiger partial charge in [0.1, 0.15) is 5.65 Å². The third-order valence-corrected chi connectivity index (χ3v) is 4.48. The first-order chi connectivity index (χ1) is 11.2. The van der Waals surface area contributed by atoms with Gasteiger partial charge in [-0.25, -0.2) is 4.98 Å². The molecule has 3 aromatic rings. The van der Waals surface area contributed by atoms with Crippen LogP contribution in [0.25, 0.3) is 22.2 Å². The molecule has 0 bridgehead atoms. The van der Waals surface area contributed by atoms with Crippen LogP contribution < -0.4 is 5.32 Å². The van der Waals surface area contributed by atoms with Crippen molar-refractivity contribution in [3.63, 3.8) is 0 Å². The summed E-state index contributed by atoms with van der Waals surface area (Å²) in [5.41, 5.74) is 3.82. The lowest BCUT2D eigenvalue weighted by molar-refractivity contribution is -0.121. The van der Waals surface area contributed by atoms with Crippen LogP contribution in [0.1, 0.15) is 24.8 Å². The molecule has 1 aliphatic rings. The van der Waals surface area contributed by atoms with E-state index in [1.165, 1.54) is 6.42 Å². The maximum absolute atomic E-state index is 12.2. The van der Waals surface area contributed by atoms with Crippen molar-refractivity contribution in [3.8, 4) is 11.1 Å². The fourth-order valence-electron chi connectivity index (χ4n) is 2.94. The number of nitrogens with zero attached hydrogens (tertiary/aromatic N) is 3. The highest BCUT2D eigenvalue weighted by molar-refractivity contribution is 5.89. The van der Waals surface area contributed by atoms with Gasteiger partial charge in [0.2, 0.25) is 5.91 Å². The Morgan fingerprint density at radius 1 is 1.39 bits per heavy atom. The molecule has 6 nitrogen and oxygen atoms in total. The third kappa shape index (κ3) is 2.72. The van der Waals surface area contributed by atoms with E-state index in [4.69, 9.17) is 0 Å². The minimum atomic E-state index is 0.0855. The number of hydrogen-bond donors (Lipinski definition) is 2. The maximum atomic E-state index is 12.2. The zero-order valence-electron chi connectivity index (χ0n) is 13.0. The monoisotopic (exact) mass is 309 g/mol. The summed E-state index contributed by atoms with van der Waals surface area (Å²) in [6.07, 6.45) is 11.3. The Morgan fingerprint density at radius 2 is 2.26 bits per heavy atom. The van der Waals surface area contributed by atoms with Crippen LogP contribution in [0.3, 0.4) is 0 Å². The van der Waals surface area contributed by atoms with Gasteiger partial charge >= 0.3 is 0 Å². The number of pyridine rings is 1. The molecule has 6 heteroatoms. The number of H-pyrrole nitrogens is 1. The summed E-state index contributed by atoms with van der Waals surface area (Å²) < 4.78 is 1.77. The molecule has 2 N–H and O–H groups in total. The van der Waals surface area contributed by atoms with E-state index in [2.05, 4.69) is 26.4 Å². The maximum Gasteiger partial charge on any atom is 0.224 e. The van der Waals surface area contributed by atoms with Gasteiger partial charge in [0.15, 0.2) is 0 Å². The summed E-state index contributed by atoms with van der Waals surface area (Å²) >= 11 is 0. The van der Waals surface area contributed by atoms with Crippen molar-refractivity contribution >= 4 is 16.9 Å². The molecule has 0 saturated heterocycles. The van der Waals surface area contributed by atoms with Gasteiger partial charge in [0.25, 0.3) is 0 Å². The molecule has 1 saturated carbocycles. The van der Waals surface area contributed by atoms with Crippen LogP contribution in [0.4, 0.5) is 0 Å². The number of aryl methyl sites for hydroxylation is 1. The van der Waals surface area contributed by atoms with E-state index in [-0.39, 0.29) is 5.91 Å². The molecule has 1 aliphatic carbocycles. The second-order valence-corrected chi connectivity index (χ2v) is 6.21. The van der Waals surface area contributed by atoms with Gasteiger partial charge in [0.05, 0.1) is 12.6 Å². The van der Waals surface area contributed by atoms with E-state index in [0.717, 1.165) is 40.6 Å². The highest BCUT2D eigenvalue weighted by Crippen LogP contribution is 2.25. The fourth-order valence-corrected chi connectivity index (χ4v) is 2.94. The number of aromatic amines is 1. The number of hydrogen-bond acceptors (Lipinski definition) is 3. The number of fused-ring (bicyclic) bond motifs is 1. The van der Waals surface area contributed by atoms with E-state index in [1.54, 1.807) is 4.68 Å². The van der Waals surface area contributed by atoms with E-state index in [0.29, 0.717) is 12.5 Å². The van der Waals surface area contributed by atoms with Crippen LogP contribution in [-0.2, 0) is 18.3 Å². The SMILES string of the molecule is Cn1cc(-c2cnc3[nH]cc(CC(=O)NC4CCC4)c3c2)cn1. The standard InChI is InChI=1S/C17H19N5O/c1-22-10-13(9-20-22)11-5-15-12(8-19-17(15)18-7-11)6-16(23)21-14-3-2-4-14/h5,7-10,14H,2-4,6H2,1H3,(H,18,19)(H,21,23). The zero-order chi connectivity index (χ0) is 15.8. The highest BCUT2D eigenvalue weighted by atomic mass is 16.1. The molecule has 0 spiro atoms. The minimum absolute atomic E-state index is 0.0855. The summed E-state index contributed by atoms with van der Waals surface area (Å²) in [7, 11) is 1.89. The van der Waals surface area contributed by atoms with Crippen molar-refractivity contribution < 1.29 is 4.79 Å². The number of rotatable bonds is 4. The Morgan fingerprint density at radius 3 is 2.96 bits per heavy atom. The molecule has 1 amide bonds. The smallest absolute Gasteiger partial charge is 0.224 e. The lowest BCUT2D eigenvalue weighted by Crippen LogP contribution is -2.40. The Kier molecular flexibility index (Phi) is 3.37. The Balaban J connectivity index is 1.60. The van der Waals surface area contributed by atoms with Crippen molar-refractivity contribution in [1.82, 2.24) is 25.1 Å². The number of carbonyl (C=O) groups excluding carboxylic acids is 1. The molecule has 1 fully saturated rings. The van der Waals surface area contributed by atoms with Crippen molar-refractivity contribution in [1.29, 1.82) is 0 Å². The normalized spacial score (nSPS) is 14.8. The quantitative estimate of drug-likeness (QED) is 0.775. The van der Waals surface area contributed by atoms with E-state index in [9.17, 15) is 4.79 Å². The summed E-state index contributed by atoms with van der Waals surface area (Å²) in [6, 6.07) is 2.44. The second-order valence-electron chi connectivity index (χ2n) is 6.21. The molecule has 0 radical (unpaired) electrons. The van der Waals surface area contributed by atoms with Gasteiger partial charge in [-0.05, 0) is 30.9 Å². The van der Waals surface area contributed by atoms with Gasteiger partial charge < -0.3 is 10.3 Å². The summed E-state index contributed by atoms with van der Waals surface area (Å²) in [5.74, 6) is 0.0855. The second kappa shape index (κ2) is 5.53. The first-order valence-corrected chi connectivity index (χ1v) is 7.93. The first-order valence-electron chi connectivity index (χ1n) is 7.93. The molecule has 0 atom stereocenters. The predicted octanol–water partition coefficient (Wildman–Crippen LogP) is 2.17. The van der Waals surface area contributed by atoms with Crippen molar-refractivity contribution in [2.45, 2.75) is 31.7 Å². The first kappa shape index (κ1) is 14.0. The molecular weight excluding hydrogens is 290 g/mol. The van der Waals surface area contributed by atoms with Gasteiger partial charge in [0, 0.05) is 48.2 Å².